The first kappa shape index (κ1) is 19.4. The quantitative estimate of drug-likeness (QED) is 0.495. The van der Waals surface area contributed by atoms with Gasteiger partial charge in [-0.25, -0.2) is 8.42 Å². The summed E-state index contributed by atoms with van der Waals surface area (Å²) >= 11 is 0. The number of hydrogen-bond acceptors (Lipinski definition) is 5. The molecule has 2 atom stereocenters. The van der Waals surface area contributed by atoms with E-state index in [1.54, 1.807) is 30.5 Å². The second-order valence-electron chi connectivity index (χ2n) is 7.37. The minimum Gasteiger partial charge on any atom is -0.449 e. The van der Waals surface area contributed by atoms with Crippen molar-refractivity contribution in [3.05, 3.63) is 71.9 Å². The molecule has 1 fully saturated rings. The second-order valence-corrected chi connectivity index (χ2v) is 9.59. The van der Waals surface area contributed by atoms with Crippen LogP contribution in [0.5, 0.6) is 0 Å². The van der Waals surface area contributed by atoms with E-state index in [4.69, 9.17) is 4.74 Å². The molecule has 1 aliphatic rings. The molecule has 0 unspecified atom stereocenters. The first-order chi connectivity index (χ1) is 13.9. The van der Waals surface area contributed by atoms with Crippen molar-refractivity contribution in [1.82, 2.24) is 4.98 Å². The number of sulfone groups is 1. The van der Waals surface area contributed by atoms with Crippen molar-refractivity contribution in [2.45, 2.75) is 18.9 Å². The lowest BCUT2D eigenvalue weighted by atomic mass is 9.99. The van der Waals surface area contributed by atoms with Gasteiger partial charge in [0.2, 0.25) is 5.78 Å². The SMILES string of the molecule is O=C(C[C@H]1CCS(=O)(=O)C1)O[C@@H](C(=O)c1c[nH]c2ccccc12)c1ccccc1. The number of aromatic nitrogens is 1. The van der Waals surface area contributed by atoms with Gasteiger partial charge in [-0.1, -0.05) is 48.5 Å². The van der Waals surface area contributed by atoms with Crippen molar-refractivity contribution >= 4 is 32.5 Å². The van der Waals surface area contributed by atoms with Crippen LogP contribution in [0, 0.1) is 5.92 Å². The number of esters is 1. The normalized spacial score (nSPS) is 19.1. The number of para-hydroxylation sites is 1. The smallest absolute Gasteiger partial charge is 0.307 e. The first-order valence-electron chi connectivity index (χ1n) is 9.48. The summed E-state index contributed by atoms with van der Waals surface area (Å²) in [5.74, 6) is -1.04. The van der Waals surface area contributed by atoms with Gasteiger partial charge in [-0.05, 0) is 18.4 Å². The number of benzene rings is 2. The number of fused-ring (bicyclic) bond motifs is 1. The van der Waals surface area contributed by atoms with Crippen molar-refractivity contribution in [2.75, 3.05) is 11.5 Å². The molecule has 1 N–H and O–H groups in total. The molecule has 150 valence electrons. The highest BCUT2D eigenvalue weighted by Crippen LogP contribution is 2.29. The van der Waals surface area contributed by atoms with Gasteiger partial charge in [0.15, 0.2) is 15.9 Å². The van der Waals surface area contributed by atoms with Crippen LogP contribution in [0.2, 0.25) is 0 Å². The fraction of sp³-hybridized carbons (Fsp3) is 0.273. The third-order valence-electron chi connectivity index (χ3n) is 5.23. The predicted molar refractivity (Wildman–Crippen MR) is 109 cm³/mol. The van der Waals surface area contributed by atoms with Crippen LogP contribution < -0.4 is 0 Å². The van der Waals surface area contributed by atoms with Gasteiger partial charge in [-0.15, -0.1) is 0 Å². The molecule has 1 saturated heterocycles. The van der Waals surface area contributed by atoms with Crippen LogP contribution in [0.25, 0.3) is 10.9 Å². The lowest BCUT2D eigenvalue weighted by molar-refractivity contribution is -0.148. The molecule has 1 aliphatic heterocycles. The number of hydrogen-bond donors (Lipinski definition) is 1. The van der Waals surface area contributed by atoms with Crippen molar-refractivity contribution in [3.8, 4) is 0 Å². The minimum atomic E-state index is -3.08. The summed E-state index contributed by atoms with van der Waals surface area (Å²) < 4.78 is 28.9. The highest BCUT2D eigenvalue weighted by atomic mass is 32.2. The van der Waals surface area contributed by atoms with E-state index in [1.165, 1.54) is 0 Å². The molecule has 0 bridgehead atoms. The van der Waals surface area contributed by atoms with Crippen LogP contribution in [-0.2, 0) is 19.4 Å². The fourth-order valence-corrected chi connectivity index (χ4v) is 5.63. The zero-order chi connectivity index (χ0) is 20.4. The number of Topliss-reactive ketones (excluding diaryl/α,β-unsaturated/α-hetero) is 1. The Hall–Kier alpha value is -2.93. The van der Waals surface area contributed by atoms with E-state index in [-0.39, 0.29) is 29.6 Å². The maximum absolute atomic E-state index is 13.3. The molecule has 4 rings (SSSR count). The number of carbonyl (C=O) groups excluding carboxylic acids is 2. The van der Waals surface area contributed by atoms with E-state index in [0.717, 1.165) is 10.9 Å². The molecule has 3 aromatic rings. The Morgan fingerprint density at radius 3 is 2.52 bits per heavy atom. The summed E-state index contributed by atoms with van der Waals surface area (Å²) in [4.78, 5) is 28.9. The molecule has 2 heterocycles. The zero-order valence-electron chi connectivity index (χ0n) is 15.7. The molecule has 7 heteroatoms. The number of ether oxygens (including phenoxy) is 1. The molecule has 0 spiro atoms. The van der Waals surface area contributed by atoms with E-state index >= 15 is 0 Å². The van der Waals surface area contributed by atoms with Crippen LogP contribution in [0.15, 0.2) is 60.8 Å². The Labute approximate surface area is 168 Å². The Morgan fingerprint density at radius 1 is 1.07 bits per heavy atom. The highest BCUT2D eigenvalue weighted by molar-refractivity contribution is 7.91. The molecular formula is C22H21NO5S. The number of H-pyrrole nitrogens is 1. The van der Waals surface area contributed by atoms with Crippen LogP contribution in [0.3, 0.4) is 0 Å². The zero-order valence-corrected chi connectivity index (χ0v) is 16.5. The maximum Gasteiger partial charge on any atom is 0.307 e. The third-order valence-corrected chi connectivity index (χ3v) is 7.06. The molecule has 6 nitrogen and oxygen atoms in total. The van der Waals surface area contributed by atoms with Crippen LogP contribution in [-0.4, -0.2) is 36.7 Å². The Morgan fingerprint density at radius 2 is 1.79 bits per heavy atom. The minimum absolute atomic E-state index is 0.00546. The molecule has 0 saturated carbocycles. The topological polar surface area (TPSA) is 93.3 Å². The van der Waals surface area contributed by atoms with Gasteiger partial charge >= 0.3 is 5.97 Å². The van der Waals surface area contributed by atoms with Crippen molar-refractivity contribution in [1.29, 1.82) is 0 Å². The third kappa shape index (κ3) is 4.24. The first-order valence-corrected chi connectivity index (χ1v) is 11.3. The standard InChI is InChI=1S/C22H21NO5S/c24-20(12-15-10-11-29(26,27)14-15)28-22(16-6-2-1-3-7-16)21(25)18-13-23-19-9-5-4-8-17(18)19/h1-9,13,15,22-23H,10-12,14H2/t15-,22-/m1/s1. The van der Waals surface area contributed by atoms with E-state index in [0.29, 0.717) is 17.5 Å². The summed E-state index contributed by atoms with van der Waals surface area (Å²) in [6.07, 6.45) is 0.981. The van der Waals surface area contributed by atoms with Crippen LogP contribution in [0.4, 0.5) is 0 Å². The monoisotopic (exact) mass is 411 g/mol. The average molecular weight is 411 g/mol. The van der Waals surface area contributed by atoms with Gasteiger partial charge in [-0.2, -0.15) is 0 Å². The number of nitrogens with one attached hydrogen (secondary N) is 1. The van der Waals surface area contributed by atoms with Gasteiger partial charge < -0.3 is 9.72 Å². The van der Waals surface area contributed by atoms with E-state index in [1.807, 2.05) is 30.3 Å². The Bertz CT molecular complexity index is 1150. The van der Waals surface area contributed by atoms with E-state index in [2.05, 4.69) is 4.98 Å². The van der Waals surface area contributed by atoms with Crippen molar-refractivity contribution in [3.63, 3.8) is 0 Å². The molecule has 29 heavy (non-hydrogen) atoms. The summed E-state index contributed by atoms with van der Waals surface area (Å²) in [7, 11) is -3.08. The lowest BCUT2D eigenvalue weighted by Crippen LogP contribution is -2.22. The van der Waals surface area contributed by atoms with E-state index < -0.39 is 21.9 Å². The second kappa shape index (κ2) is 7.83. The van der Waals surface area contributed by atoms with Crippen molar-refractivity contribution in [2.24, 2.45) is 5.92 Å². The van der Waals surface area contributed by atoms with Gasteiger partial charge in [0, 0.05) is 34.6 Å². The largest absolute Gasteiger partial charge is 0.449 e. The predicted octanol–water partition coefficient (Wildman–Crippen LogP) is 3.46. The fourth-order valence-electron chi connectivity index (χ4n) is 3.77. The molecular weight excluding hydrogens is 390 g/mol. The van der Waals surface area contributed by atoms with Gasteiger partial charge in [0.25, 0.3) is 0 Å². The number of rotatable bonds is 6. The number of aromatic amines is 1. The van der Waals surface area contributed by atoms with Gasteiger partial charge in [-0.3, -0.25) is 9.59 Å². The Balaban J connectivity index is 1.59. The van der Waals surface area contributed by atoms with Gasteiger partial charge in [0.1, 0.15) is 0 Å². The van der Waals surface area contributed by atoms with Crippen molar-refractivity contribution < 1.29 is 22.7 Å². The molecule has 0 radical (unpaired) electrons. The Kier molecular flexibility index (Phi) is 5.24. The average Bonchev–Trinajstić information content (AvgIpc) is 3.29. The van der Waals surface area contributed by atoms with Crippen LogP contribution in [0.1, 0.15) is 34.9 Å². The lowest BCUT2D eigenvalue weighted by Gasteiger charge is -2.18. The number of ketones is 1. The molecule has 0 amide bonds. The van der Waals surface area contributed by atoms with Crippen LogP contribution >= 0.6 is 0 Å². The number of carbonyl (C=O) groups is 2. The summed E-state index contributed by atoms with van der Waals surface area (Å²) in [5, 5.41) is 0.761. The molecule has 0 aliphatic carbocycles. The van der Waals surface area contributed by atoms with E-state index in [9.17, 15) is 18.0 Å². The summed E-state index contributed by atoms with van der Waals surface area (Å²) in [6.45, 7) is 0. The van der Waals surface area contributed by atoms with Gasteiger partial charge in [0.05, 0.1) is 11.5 Å². The maximum atomic E-state index is 13.3. The summed E-state index contributed by atoms with van der Waals surface area (Å²) in [6, 6.07) is 16.3. The molecule has 2 aromatic carbocycles. The molecule has 1 aromatic heterocycles. The highest BCUT2D eigenvalue weighted by Gasteiger charge is 2.32. The summed E-state index contributed by atoms with van der Waals surface area (Å²) in [5.41, 5.74) is 1.85.